The van der Waals surface area contributed by atoms with E-state index in [0.717, 1.165) is 6.42 Å². The lowest BCUT2D eigenvalue weighted by atomic mass is 9.93. The van der Waals surface area contributed by atoms with Crippen molar-refractivity contribution in [1.29, 1.82) is 0 Å². The predicted octanol–water partition coefficient (Wildman–Crippen LogP) is 1.65. The Kier molecular flexibility index (Phi) is 3.61. The molecule has 1 aliphatic heterocycles. The molecular formula is C12H18O4. The molecule has 0 spiro atoms. The third kappa shape index (κ3) is 2.83. The molecule has 1 fully saturated rings. The lowest BCUT2D eigenvalue weighted by Crippen LogP contribution is -2.31. The molecule has 0 aromatic heterocycles. The molecule has 1 heterocycles. The first-order valence-corrected chi connectivity index (χ1v) is 5.74. The molecule has 2 aliphatic rings. The highest BCUT2D eigenvalue weighted by atomic mass is 16.7. The summed E-state index contributed by atoms with van der Waals surface area (Å²) in [6, 6.07) is 0. The van der Waals surface area contributed by atoms with E-state index in [4.69, 9.17) is 14.2 Å². The number of rotatable bonds is 1. The van der Waals surface area contributed by atoms with Crippen LogP contribution in [-0.4, -0.2) is 31.1 Å². The Morgan fingerprint density at radius 2 is 1.94 bits per heavy atom. The molecule has 2 rings (SSSR count). The predicted molar refractivity (Wildman–Crippen MR) is 57.7 cm³/mol. The normalized spacial score (nSPS) is 40.6. The molecule has 90 valence electrons. The van der Waals surface area contributed by atoms with Gasteiger partial charge in [-0.1, -0.05) is 13.0 Å². The maximum Gasteiger partial charge on any atom is 0.303 e. The van der Waals surface area contributed by atoms with Gasteiger partial charge in [0.25, 0.3) is 0 Å². The summed E-state index contributed by atoms with van der Waals surface area (Å²) in [6.45, 7) is 3.92. The first-order valence-electron chi connectivity index (χ1n) is 5.74. The summed E-state index contributed by atoms with van der Waals surface area (Å²) in [5, 5.41) is 0. The minimum absolute atomic E-state index is 0.0525. The summed E-state index contributed by atoms with van der Waals surface area (Å²) in [7, 11) is 0. The van der Waals surface area contributed by atoms with Crippen molar-refractivity contribution in [3.63, 3.8) is 0 Å². The Morgan fingerprint density at radius 3 is 2.62 bits per heavy atom. The van der Waals surface area contributed by atoms with Crippen LogP contribution in [0.3, 0.4) is 0 Å². The highest BCUT2D eigenvalue weighted by Gasteiger charge is 2.33. The maximum absolute atomic E-state index is 11.0. The van der Waals surface area contributed by atoms with E-state index in [0.29, 0.717) is 19.1 Å². The second-order valence-corrected chi connectivity index (χ2v) is 4.51. The average Bonchev–Trinajstić information content (AvgIpc) is 2.58. The average molecular weight is 226 g/mol. The van der Waals surface area contributed by atoms with Gasteiger partial charge in [0.15, 0.2) is 0 Å². The highest BCUT2D eigenvalue weighted by Crippen LogP contribution is 2.27. The summed E-state index contributed by atoms with van der Waals surface area (Å²) in [5.74, 6) is 0.172. The number of allylic oxidation sites excluding steroid dienone is 1. The van der Waals surface area contributed by atoms with Crippen molar-refractivity contribution in [2.75, 3.05) is 6.79 Å². The second kappa shape index (κ2) is 4.97. The van der Waals surface area contributed by atoms with Crippen molar-refractivity contribution in [2.24, 2.45) is 5.92 Å². The van der Waals surface area contributed by atoms with Crippen molar-refractivity contribution in [1.82, 2.24) is 0 Å². The largest absolute Gasteiger partial charge is 0.458 e. The van der Waals surface area contributed by atoms with Crippen LogP contribution in [0.2, 0.25) is 0 Å². The van der Waals surface area contributed by atoms with Crippen LogP contribution in [0.4, 0.5) is 0 Å². The highest BCUT2D eigenvalue weighted by molar-refractivity contribution is 5.66. The van der Waals surface area contributed by atoms with E-state index in [9.17, 15) is 4.79 Å². The summed E-state index contributed by atoms with van der Waals surface area (Å²) in [5.41, 5.74) is 0. The molecule has 4 nitrogen and oxygen atoms in total. The smallest absolute Gasteiger partial charge is 0.303 e. The van der Waals surface area contributed by atoms with E-state index in [2.05, 4.69) is 13.0 Å². The van der Waals surface area contributed by atoms with E-state index in [1.165, 1.54) is 6.92 Å². The Hall–Kier alpha value is -0.870. The van der Waals surface area contributed by atoms with Crippen molar-refractivity contribution in [3.8, 4) is 0 Å². The topological polar surface area (TPSA) is 44.8 Å². The first-order chi connectivity index (χ1) is 7.65. The Bertz CT molecular complexity index is 287. The van der Waals surface area contributed by atoms with Crippen LogP contribution >= 0.6 is 0 Å². The summed E-state index contributed by atoms with van der Waals surface area (Å²) >= 11 is 0. The fraction of sp³-hybridized carbons (Fsp3) is 0.750. The van der Waals surface area contributed by atoms with Crippen molar-refractivity contribution in [2.45, 2.75) is 45.0 Å². The first kappa shape index (κ1) is 11.6. The molecule has 4 atom stereocenters. The molecule has 4 unspecified atom stereocenters. The van der Waals surface area contributed by atoms with Gasteiger partial charge in [0.05, 0.1) is 12.2 Å². The molecule has 16 heavy (non-hydrogen) atoms. The van der Waals surface area contributed by atoms with Crippen LogP contribution in [0.5, 0.6) is 0 Å². The fourth-order valence-electron chi connectivity index (χ4n) is 2.24. The SMILES string of the molecule is CC(=O)OC1/C=C/C(C)CC2OCOC2C1. The van der Waals surface area contributed by atoms with E-state index < -0.39 is 0 Å². The molecule has 0 radical (unpaired) electrons. The Balaban J connectivity index is 2.05. The van der Waals surface area contributed by atoms with Crippen LogP contribution < -0.4 is 0 Å². The molecule has 4 heteroatoms. The monoisotopic (exact) mass is 226 g/mol. The van der Waals surface area contributed by atoms with Gasteiger partial charge in [0.2, 0.25) is 0 Å². The van der Waals surface area contributed by atoms with Gasteiger partial charge in [0, 0.05) is 13.3 Å². The fourth-order valence-corrected chi connectivity index (χ4v) is 2.24. The molecule has 0 N–H and O–H groups in total. The van der Waals surface area contributed by atoms with E-state index in [1.54, 1.807) is 0 Å². The van der Waals surface area contributed by atoms with Crippen molar-refractivity contribution >= 4 is 5.97 Å². The summed E-state index contributed by atoms with van der Waals surface area (Å²) < 4.78 is 16.2. The second-order valence-electron chi connectivity index (χ2n) is 4.51. The van der Waals surface area contributed by atoms with Gasteiger partial charge in [-0.25, -0.2) is 0 Å². The van der Waals surface area contributed by atoms with Gasteiger partial charge in [-0.3, -0.25) is 4.79 Å². The Morgan fingerprint density at radius 1 is 1.25 bits per heavy atom. The molecule has 0 bridgehead atoms. The number of hydrogen-bond acceptors (Lipinski definition) is 4. The zero-order valence-electron chi connectivity index (χ0n) is 9.72. The molecule has 0 amide bonds. The summed E-state index contributed by atoms with van der Waals surface area (Å²) in [4.78, 5) is 11.0. The van der Waals surface area contributed by atoms with Crippen molar-refractivity contribution in [3.05, 3.63) is 12.2 Å². The zero-order chi connectivity index (χ0) is 11.5. The van der Waals surface area contributed by atoms with E-state index in [-0.39, 0.29) is 24.3 Å². The van der Waals surface area contributed by atoms with Gasteiger partial charge < -0.3 is 14.2 Å². The van der Waals surface area contributed by atoms with Crippen LogP contribution in [0.25, 0.3) is 0 Å². The van der Waals surface area contributed by atoms with Crippen LogP contribution in [0, 0.1) is 5.92 Å². The molecule has 1 aliphatic carbocycles. The van der Waals surface area contributed by atoms with Crippen LogP contribution in [0.15, 0.2) is 12.2 Å². The number of carbonyl (C=O) groups is 1. The zero-order valence-corrected chi connectivity index (χ0v) is 9.72. The van der Waals surface area contributed by atoms with Gasteiger partial charge in [0.1, 0.15) is 12.9 Å². The molecule has 0 saturated carbocycles. The van der Waals surface area contributed by atoms with Crippen molar-refractivity contribution < 1.29 is 19.0 Å². The van der Waals surface area contributed by atoms with Crippen LogP contribution in [0.1, 0.15) is 26.7 Å². The quantitative estimate of drug-likeness (QED) is 0.503. The van der Waals surface area contributed by atoms with E-state index >= 15 is 0 Å². The summed E-state index contributed by atoms with van der Waals surface area (Å²) in [6.07, 6.45) is 5.71. The molecule has 0 aromatic rings. The van der Waals surface area contributed by atoms with Gasteiger partial charge in [-0.2, -0.15) is 0 Å². The number of fused-ring (bicyclic) bond motifs is 1. The third-order valence-electron chi connectivity index (χ3n) is 3.02. The minimum Gasteiger partial charge on any atom is -0.458 e. The van der Waals surface area contributed by atoms with Crippen LogP contribution in [-0.2, 0) is 19.0 Å². The lowest BCUT2D eigenvalue weighted by Gasteiger charge is -2.25. The number of hydrogen-bond donors (Lipinski definition) is 0. The third-order valence-corrected chi connectivity index (χ3v) is 3.02. The minimum atomic E-state index is -0.252. The number of esters is 1. The Labute approximate surface area is 95.6 Å². The number of ether oxygens (including phenoxy) is 3. The molecule has 0 aromatic carbocycles. The van der Waals surface area contributed by atoms with Gasteiger partial charge >= 0.3 is 5.97 Å². The van der Waals surface area contributed by atoms with Gasteiger partial charge in [-0.15, -0.1) is 0 Å². The maximum atomic E-state index is 11.0. The molecule has 1 saturated heterocycles. The number of carbonyl (C=O) groups excluding carboxylic acids is 1. The lowest BCUT2D eigenvalue weighted by molar-refractivity contribution is -0.145. The van der Waals surface area contributed by atoms with E-state index in [1.807, 2.05) is 6.08 Å². The standard InChI is InChI=1S/C12H18O4/c1-8-3-4-10(16-9(2)13)6-12-11(5-8)14-7-15-12/h3-4,8,10-12H,5-7H2,1-2H3/b4-3+. The molecular weight excluding hydrogens is 208 g/mol. The van der Waals surface area contributed by atoms with Gasteiger partial charge in [-0.05, 0) is 18.4 Å².